The molecule has 1 aromatic heterocycles. The number of thioether (sulfide) groups is 1. The maximum absolute atomic E-state index is 11.1. The van der Waals surface area contributed by atoms with Crippen LogP contribution in [0.3, 0.4) is 0 Å². The Balaban J connectivity index is 2.09. The van der Waals surface area contributed by atoms with Crippen molar-refractivity contribution in [1.82, 2.24) is 14.8 Å². The van der Waals surface area contributed by atoms with Crippen molar-refractivity contribution in [2.75, 3.05) is 5.75 Å². The van der Waals surface area contributed by atoms with Crippen molar-refractivity contribution in [2.24, 2.45) is 5.73 Å². The molecule has 0 radical (unpaired) electrons. The Morgan fingerprint density at radius 3 is 2.42 bits per heavy atom. The Labute approximate surface area is 148 Å². The van der Waals surface area contributed by atoms with Crippen molar-refractivity contribution in [3.63, 3.8) is 0 Å². The lowest BCUT2D eigenvalue weighted by molar-refractivity contribution is -0.115. The summed E-state index contributed by atoms with van der Waals surface area (Å²) in [7, 11) is 0. The highest BCUT2D eigenvalue weighted by molar-refractivity contribution is 7.99. The van der Waals surface area contributed by atoms with E-state index in [2.05, 4.69) is 10.2 Å². The van der Waals surface area contributed by atoms with Crippen LogP contribution >= 0.6 is 23.4 Å². The number of carbonyl (C=O) groups excluding carboxylic acids is 1. The summed E-state index contributed by atoms with van der Waals surface area (Å²) in [5.41, 5.74) is 8.22. The third-order valence-corrected chi connectivity index (χ3v) is 4.57. The van der Waals surface area contributed by atoms with Crippen LogP contribution < -0.4 is 5.73 Å². The van der Waals surface area contributed by atoms with Gasteiger partial charge in [-0.1, -0.05) is 41.1 Å². The summed E-state index contributed by atoms with van der Waals surface area (Å²) in [6.07, 6.45) is 0. The van der Waals surface area contributed by atoms with E-state index < -0.39 is 5.91 Å². The largest absolute Gasteiger partial charge is 0.369 e. The average molecular weight is 359 g/mol. The first-order valence-corrected chi connectivity index (χ1v) is 8.60. The third-order valence-electron chi connectivity index (χ3n) is 3.37. The first kappa shape index (κ1) is 16.5. The second-order valence-electron chi connectivity index (χ2n) is 5.24. The van der Waals surface area contributed by atoms with Crippen LogP contribution in [0.25, 0.3) is 17.1 Å². The molecular formula is C17H15ClN4OS. The average Bonchev–Trinajstić information content (AvgIpc) is 2.98. The number of aromatic nitrogens is 3. The molecule has 3 rings (SSSR count). The number of halogens is 1. The molecule has 2 N–H and O–H groups in total. The Morgan fingerprint density at radius 2 is 1.79 bits per heavy atom. The van der Waals surface area contributed by atoms with Gasteiger partial charge >= 0.3 is 0 Å². The number of carbonyl (C=O) groups is 1. The zero-order valence-electron chi connectivity index (χ0n) is 12.9. The molecule has 0 atom stereocenters. The number of hydrogen-bond acceptors (Lipinski definition) is 4. The fraction of sp³-hybridized carbons (Fsp3) is 0.118. The van der Waals surface area contributed by atoms with Gasteiger partial charge in [-0.05, 0) is 43.3 Å². The minimum atomic E-state index is -0.397. The maximum atomic E-state index is 11.1. The summed E-state index contributed by atoms with van der Waals surface area (Å²) < 4.78 is 1.91. The van der Waals surface area contributed by atoms with Crippen molar-refractivity contribution < 1.29 is 4.79 Å². The SMILES string of the molecule is Cc1ccc(-n2c(SCC(N)=O)nnc2-c2ccc(Cl)cc2)cc1. The normalized spacial score (nSPS) is 10.8. The van der Waals surface area contributed by atoms with Gasteiger partial charge < -0.3 is 5.73 Å². The van der Waals surface area contributed by atoms with Crippen molar-refractivity contribution in [2.45, 2.75) is 12.1 Å². The summed E-state index contributed by atoms with van der Waals surface area (Å²) in [5.74, 6) is 0.430. The summed E-state index contributed by atoms with van der Waals surface area (Å²) in [4.78, 5) is 11.1. The van der Waals surface area contributed by atoms with Gasteiger partial charge in [0.25, 0.3) is 0 Å². The van der Waals surface area contributed by atoms with E-state index in [0.717, 1.165) is 16.8 Å². The van der Waals surface area contributed by atoms with Gasteiger partial charge in [-0.3, -0.25) is 9.36 Å². The maximum Gasteiger partial charge on any atom is 0.227 e. The second kappa shape index (κ2) is 7.07. The molecule has 122 valence electrons. The van der Waals surface area contributed by atoms with Crippen LogP contribution in [-0.2, 0) is 4.79 Å². The summed E-state index contributed by atoms with van der Waals surface area (Å²) in [5, 5.41) is 9.78. The van der Waals surface area contributed by atoms with Gasteiger partial charge in [-0.2, -0.15) is 0 Å². The third kappa shape index (κ3) is 3.60. The van der Waals surface area contributed by atoms with Crippen LogP contribution in [0.2, 0.25) is 5.02 Å². The number of amides is 1. The van der Waals surface area contributed by atoms with Gasteiger partial charge in [0, 0.05) is 16.3 Å². The summed E-state index contributed by atoms with van der Waals surface area (Å²) >= 11 is 7.23. The fourth-order valence-corrected chi connectivity index (χ4v) is 3.03. The molecule has 0 saturated heterocycles. The predicted molar refractivity (Wildman–Crippen MR) is 96.5 cm³/mol. The van der Waals surface area contributed by atoms with Crippen molar-refractivity contribution in [3.8, 4) is 17.1 Å². The molecule has 2 aromatic carbocycles. The first-order chi connectivity index (χ1) is 11.5. The molecule has 0 aliphatic carbocycles. The molecule has 24 heavy (non-hydrogen) atoms. The van der Waals surface area contributed by atoms with Gasteiger partial charge in [0.15, 0.2) is 11.0 Å². The molecule has 1 heterocycles. The number of hydrogen-bond donors (Lipinski definition) is 1. The minimum Gasteiger partial charge on any atom is -0.369 e. The highest BCUT2D eigenvalue weighted by atomic mass is 35.5. The molecule has 0 unspecified atom stereocenters. The highest BCUT2D eigenvalue weighted by Crippen LogP contribution is 2.28. The number of nitrogens with zero attached hydrogens (tertiary/aromatic N) is 3. The molecular weight excluding hydrogens is 344 g/mol. The molecule has 5 nitrogen and oxygen atoms in total. The van der Waals surface area contributed by atoms with E-state index in [4.69, 9.17) is 17.3 Å². The monoisotopic (exact) mass is 358 g/mol. The van der Waals surface area contributed by atoms with Gasteiger partial charge in [-0.25, -0.2) is 0 Å². The van der Waals surface area contributed by atoms with Gasteiger partial charge in [0.1, 0.15) is 0 Å². The number of rotatable bonds is 5. The Kier molecular flexibility index (Phi) is 4.87. The lowest BCUT2D eigenvalue weighted by Gasteiger charge is -2.10. The van der Waals surface area contributed by atoms with E-state index in [1.54, 1.807) is 12.1 Å². The van der Waals surface area contributed by atoms with Gasteiger partial charge in [0.05, 0.1) is 5.75 Å². The number of benzene rings is 2. The molecule has 0 saturated carbocycles. The summed E-state index contributed by atoms with van der Waals surface area (Å²) in [6.45, 7) is 2.03. The lowest BCUT2D eigenvalue weighted by atomic mass is 10.2. The number of nitrogens with two attached hydrogens (primary N) is 1. The molecule has 0 bridgehead atoms. The van der Waals surface area contributed by atoms with E-state index in [-0.39, 0.29) is 5.75 Å². The standard InChI is InChI=1S/C17H15ClN4OS/c1-11-2-8-14(9-3-11)22-16(12-4-6-13(18)7-5-12)20-21-17(22)24-10-15(19)23/h2-9H,10H2,1H3,(H2,19,23). The Bertz CT molecular complexity index is 859. The molecule has 7 heteroatoms. The van der Waals surface area contributed by atoms with Crippen LogP contribution in [-0.4, -0.2) is 26.4 Å². The van der Waals surface area contributed by atoms with Crippen LogP contribution in [0.1, 0.15) is 5.56 Å². The molecule has 0 fully saturated rings. The highest BCUT2D eigenvalue weighted by Gasteiger charge is 2.16. The van der Waals surface area contributed by atoms with Gasteiger partial charge in [-0.15, -0.1) is 10.2 Å². The lowest BCUT2D eigenvalue weighted by Crippen LogP contribution is -2.13. The molecule has 0 spiro atoms. The quantitative estimate of drug-likeness (QED) is 0.709. The van der Waals surface area contributed by atoms with E-state index in [0.29, 0.717) is 16.0 Å². The van der Waals surface area contributed by atoms with Crippen molar-refractivity contribution in [3.05, 3.63) is 59.1 Å². The smallest absolute Gasteiger partial charge is 0.227 e. The van der Waals surface area contributed by atoms with E-state index in [9.17, 15) is 4.79 Å². The zero-order chi connectivity index (χ0) is 17.1. The van der Waals surface area contributed by atoms with E-state index >= 15 is 0 Å². The van der Waals surface area contributed by atoms with Crippen LogP contribution in [0, 0.1) is 6.92 Å². The second-order valence-corrected chi connectivity index (χ2v) is 6.62. The topological polar surface area (TPSA) is 73.8 Å². The zero-order valence-corrected chi connectivity index (χ0v) is 14.5. The number of aryl methyl sites for hydroxylation is 1. The van der Waals surface area contributed by atoms with Crippen molar-refractivity contribution in [1.29, 1.82) is 0 Å². The van der Waals surface area contributed by atoms with E-state index in [1.807, 2.05) is 47.9 Å². The summed E-state index contributed by atoms with van der Waals surface area (Å²) in [6, 6.07) is 15.4. The Hall–Kier alpha value is -2.31. The fourth-order valence-electron chi connectivity index (χ4n) is 2.21. The molecule has 3 aromatic rings. The molecule has 1 amide bonds. The van der Waals surface area contributed by atoms with Crippen molar-refractivity contribution >= 4 is 29.3 Å². The van der Waals surface area contributed by atoms with Gasteiger partial charge in [0.2, 0.25) is 5.91 Å². The molecule has 0 aliphatic heterocycles. The predicted octanol–water partition coefficient (Wildman–Crippen LogP) is 3.47. The molecule has 0 aliphatic rings. The first-order valence-electron chi connectivity index (χ1n) is 7.24. The van der Waals surface area contributed by atoms with Crippen LogP contribution in [0.4, 0.5) is 0 Å². The minimum absolute atomic E-state index is 0.143. The Morgan fingerprint density at radius 1 is 1.12 bits per heavy atom. The van der Waals surface area contributed by atoms with Crippen LogP contribution in [0.15, 0.2) is 53.7 Å². The van der Waals surface area contributed by atoms with E-state index in [1.165, 1.54) is 11.8 Å². The number of primary amides is 1. The van der Waals surface area contributed by atoms with Crippen LogP contribution in [0.5, 0.6) is 0 Å².